The predicted molar refractivity (Wildman–Crippen MR) is 65.4 cm³/mol. The summed E-state index contributed by atoms with van der Waals surface area (Å²) in [5.41, 5.74) is 4.01. The third-order valence-electron chi connectivity index (χ3n) is 2.64. The standard InChI is InChI=1S/C13H21NO/c1-3-11-7-5-8-12(4-2)13(11)14-9-6-10-15/h5,7-8,14-15H,3-4,6,9-10H2,1-2H3. The van der Waals surface area contributed by atoms with Gasteiger partial charge in [0.25, 0.3) is 0 Å². The molecule has 0 aliphatic carbocycles. The Hall–Kier alpha value is -1.02. The molecule has 0 heterocycles. The first-order valence-corrected chi connectivity index (χ1v) is 5.79. The third kappa shape index (κ3) is 3.24. The molecule has 0 saturated heterocycles. The van der Waals surface area contributed by atoms with Crippen molar-refractivity contribution in [1.29, 1.82) is 0 Å². The maximum absolute atomic E-state index is 8.76. The van der Waals surface area contributed by atoms with Crippen molar-refractivity contribution >= 4 is 5.69 Å². The zero-order valence-electron chi connectivity index (χ0n) is 9.71. The van der Waals surface area contributed by atoms with Gasteiger partial charge in [-0.3, -0.25) is 0 Å². The monoisotopic (exact) mass is 207 g/mol. The number of benzene rings is 1. The van der Waals surface area contributed by atoms with E-state index in [1.807, 2.05) is 0 Å². The summed E-state index contributed by atoms with van der Waals surface area (Å²) in [7, 11) is 0. The van der Waals surface area contributed by atoms with Crippen LogP contribution in [0.25, 0.3) is 0 Å². The number of rotatable bonds is 6. The van der Waals surface area contributed by atoms with E-state index >= 15 is 0 Å². The molecule has 2 N–H and O–H groups in total. The summed E-state index contributed by atoms with van der Waals surface area (Å²) in [4.78, 5) is 0. The molecule has 84 valence electrons. The highest BCUT2D eigenvalue weighted by Gasteiger charge is 2.04. The third-order valence-corrected chi connectivity index (χ3v) is 2.64. The second-order valence-corrected chi connectivity index (χ2v) is 3.66. The first-order chi connectivity index (χ1) is 7.33. The van der Waals surface area contributed by atoms with Crippen molar-refractivity contribution in [3.05, 3.63) is 29.3 Å². The van der Waals surface area contributed by atoms with E-state index in [4.69, 9.17) is 5.11 Å². The van der Waals surface area contributed by atoms with E-state index in [9.17, 15) is 0 Å². The topological polar surface area (TPSA) is 32.3 Å². The van der Waals surface area contributed by atoms with Gasteiger partial charge in [-0.25, -0.2) is 0 Å². The average Bonchev–Trinajstić information content (AvgIpc) is 2.29. The number of aliphatic hydroxyl groups is 1. The minimum absolute atomic E-state index is 0.253. The van der Waals surface area contributed by atoms with Gasteiger partial charge in [0, 0.05) is 18.8 Å². The molecular formula is C13H21NO. The molecule has 0 amide bonds. The van der Waals surface area contributed by atoms with E-state index < -0.39 is 0 Å². The van der Waals surface area contributed by atoms with Crippen molar-refractivity contribution in [2.24, 2.45) is 0 Å². The molecule has 0 atom stereocenters. The van der Waals surface area contributed by atoms with Gasteiger partial charge in [0.2, 0.25) is 0 Å². The molecule has 0 aliphatic rings. The lowest BCUT2D eigenvalue weighted by Gasteiger charge is -2.14. The number of aliphatic hydroxyl groups excluding tert-OH is 1. The minimum atomic E-state index is 0.253. The van der Waals surface area contributed by atoms with E-state index in [1.165, 1.54) is 16.8 Å². The normalized spacial score (nSPS) is 10.3. The van der Waals surface area contributed by atoms with Crippen molar-refractivity contribution < 1.29 is 5.11 Å². The van der Waals surface area contributed by atoms with Gasteiger partial charge in [0.05, 0.1) is 0 Å². The Labute approximate surface area is 92.3 Å². The maximum Gasteiger partial charge on any atom is 0.0447 e. The van der Waals surface area contributed by atoms with Crippen LogP contribution in [0.1, 0.15) is 31.4 Å². The van der Waals surface area contributed by atoms with Gasteiger partial charge in [-0.15, -0.1) is 0 Å². The molecule has 0 unspecified atom stereocenters. The number of aryl methyl sites for hydroxylation is 2. The van der Waals surface area contributed by atoms with Crippen LogP contribution in [0.3, 0.4) is 0 Å². The van der Waals surface area contributed by atoms with Crippen LogP contribution in [0, 0.1) is 0 Å². The number of hydrogen-bond donors (Lipinski definition) is 2. The van der Waals surface area contributed by atoms with Crippen LogP contribution in [-0.2, 0) is 12.8 Å². The smallest absolute Gasteiger partial charge is 0.0447 e. The number of nitrogens with one attached hydrogen (secondary N) is 1. The highest BCUT2D eigenvalue weighted by atomic mass is 16.3. The molecule has 2 nitrogen and oxygen atoms in total. The summed E-state index contributed by atoms with van der Waals surface area (Å²) in [6.45, 7) is 5.45. The highest BCUT2D eigenvalue weighted by Crippen LogP contribution is 2.22. The van der Waals surface area contributed by atoms with Crippen LogP contribution in [0.2, 0.25) is 0 Å². The molecule has 1 rings (SSSR count). The quantitative estimate of drug-likeness (QED) is 0.703. The fourth-order valence-electron chi connectivity index (χ4n) is 1.76. The summed E-state index contributed by atoms with van der Waals surface area (Å²) in [5, 5.41) is 12.2. The van der Waals surface area contributed by atoms with E-state index in [-0.39, 0.29) is 6.61 Å². The Bertz CT molecular complexity index is 274. The van der Waals surface area contributed by atoms with Gasteiger partial charge >= 0.3 is 0 Å². The van der Waals surface area contributed by atoms with E-state index in [0.29, 0.717) is 0 Å². The predicted octanol–water partition coefficient (Wildman–Crippen LogP) is 2.61. The summed E-state index contributed by atoms with van der Waals surface area (Å²) in [5.74, 6) is 0. The molecule has 0 bridgehead atoms. The van der Waals surface area contributed by atoms with Crippen LogP contribution in [0.5, 0.6) is 0 Å². The van der Waals surface area contributed by atoms with Gasteiger partial charge in [0.1, 0.15) is 0 Å². The number of anilines is 1. The lowest BCUT2D eigenvalue weighted by Crippen LogP contribution is -2.08. The maximum atomic E-state index is 8.76. The number of para-hydroxylation sites is 1. The average molecular weight is 207 g/mol. The molecule has 15 heavy (non-hydrogen) atoms. The Morgan fingerprint density at radius 1 is 1.13 bits per heavy atom. The molecule has 1 aromatic rings. The molecule has 0 aliphatic heterocycles. The first kappa shape index (κ1) is 12.1. The van der Waals surface area contributed by atoms with Gasteiger partial charge in [-0.2, -0.15) is 0 Å². The van der Waals surface area contributed by atoms with Crippen LogP contribution >= 0.6 is 0 Å². The molecule has 0 saturated carbocycles. The van der Waals surface area contributed by atoms with Crippen LogP contribution in [0.15, 0.2) is 18.2 Å². The summed E-state index contributed by atoms with van der Waals surface area (Å²) in [6, 6.07) is 6.45. The second-order valence-electron chi connectivity index (χ2n) is 3.66. The van der Waals surface area contributed by atoms with Gasteiger partial charge < -0.3 is 10.4 Å². The van der Waals surface area contributed by atoms with Gasteiger partial charge in [-0.05, 0) is 30.4 Å². The molecule has 2 heteroatoms. The fourth-order valence-corrected chi connectivity index (χ4v) is 1.76. The SMILES string of the molecule is CCc1cccc(CC)c1NCCCO. The Morgan fingerprint density at radius 3 is 2.20 bits per heavy atom. The van der Waals surface area contributed by atoms with E-state index in [2.05, 4.69) is 37.4 Å². The summed E-state index contributed by atoms with van der Waals surface area (Å²) in [6.07, 6.45) is 2.91. The Morgan fingerprint density at radius 2 is 1.73 bits per heavy atom. The van der Waals surface area contributed by atoms with Crippen molar-refractivity contribution in [2.45, 2.75) is 33.1 Å². The molecular weight excluding hydrogens is 186 g/mol. The van der Waals surface area contributed by atoms with Crippen LogP contribution < -0.4 is 5.32 Å². The lowest BCUT2D eigenvalue weighted by atomic mass is 10.0. The second kappa shape index (κ2) is 6.46. The summed E-state index contributed by atoms with van der Waals surface area (Å²) < 4.78 is 0. The zero-order chi connectivity index (χ0) is 11.1. The Balaban J connectivity index is 2.80. The molecule has 1 aromatic carbocycles. The van der Waals surface area contributed by atoms with Gasteiger partial charge in [-0.1, -0.05) is 32.0 Å². The summed E-state index contributed by atoms with van der Waals surface area (Å²) >= 11 is 0. The first-order valence-electron chi connectivity index (χ1n) is 5.79. The van der Waals surface area contributed by atoms with Crippen molar-refractivity contribution in [1.82, 2.24) is 0 Å². The van der Waals surface area contributed by atoms with Crippen LogP contribution in [0.4, 0.5) is 5.69 Å². The zero-order valence-corrected chi connectivity index (χ0v) is 9.71. The van der Waals surface area contributed by atoms with Crippen molar-refractivity contribution in [3.63, 3.8) is 0 Å². The molecule has 0 aromatic heterocycles. The van der Waals surface area contributed by atoms with E-state index in [0.717, 1.165) is 25.8 Å². The van der Waals surface area contributed by atoms with Crippen molar-refractivity contribution in [2.75, 3.05) is 18.5 Å². The van der Waals surface area contributed by atoms with E-state index in [1.54, 1.807) is 0 Å². The van der Waals surface area contributed by atoms with Crippen LogP contribution in [-0.4, -0.2) is 18.3 Å². The largest absolute Gasteiger partial charge is 0.396 e. The minimum Gasteiger partial charge on any atom is -0.396 e. The molecule has 0 spiro atoms. The van der Waals surface area contributed by atoms with Gasteiger partial charge in [0.15, 0.2) is 0 Å². The molecule has 0 fully saturated rings. The fraction of sp³-hybridized carbons (Fsp3) is 0.538. The lowest BCUT2D eigenvalue weighted by molar-refractivity contribution is 0.292. The Kier molecular flexibility index (Phi) is 5.19. The molecule has 0 radical (unpaired) electrons. The highest BCUT2D eigenvalue weighted by molar-refractivity contribution is 5.57. The van der Waals surface area contributed by atoms with Crippen molar-refractivity contribution in [3.8, 4) is 0 Å². The number of hydrogen-bond acceptors (Lipinski definition) is 2.